The lowest BCUT2D eigenvalue weighted by Crippen LogP contribution is -2.38. The first-order valence-electron chi connectivity index (χ1n) is 8.95. The van der Waals surface area contributed by atoms with E-state index < -0.39 is 5.54 Å². The van der Waals surface area contributed by atoms with E-state index in [1.165, 1.54) is 0 Å². The van der Waals surface area contributed by atoms with Crippen LogP contribution in [0.25, 0.3) is 11.3 Å². The van der Waals surface area contributed by atoms with Gasteiger partial charge in [0, 0.05) is 27.2 Å². The minimum atomic E-state index is -0.421. The minimum absolute atomic E-state index is 0.284. The fourth-order valence-electron chi connectivity index (χ4n) is 2.54. The Bertz CT molecular complexity index is 1050. The maximum Gasteiger partial charge on any atom is 0.258 e. The second-order valence-corrected chi connectivity index (χ2v) is 8.27. The van der Waals surface area contributed by atoms with E-state index in [0.717, 1.165) is 11.3 Å². The van der Waals surface area contributed by atoms with Crippen LogP contribution in [0, 0.1) is 0 Å². The third-order valence-electron chi connectivity index (χ3n) is 3.73. The number of hydrogen-bond donors (Lipinski definition) is 3. The number of anilines is 1. The van der Waals surface area contributed by atoms with Gasteiger partial charge in [0.15, 0.2) is 5.82 Å². The number of aromatic amines is 1. The molecule has 8 heteroatoms. The van der Waals surface area contributed by atoms with Crippen LogP contribution in [0.5, 0.6) is 0 Å². The second-order valence-electron chi connectivity index (χ2n) is 7.40. The largest absolute Gasteiger partial charge is 0.309 e. The van der Waals surface area contributed by atoms with Gasteiger partial charge in [-0.05, 0) is 51.1 Å². The fraction of sp³-hybridized carbons (Fsp3) is 0.190. The summed E-state index contributed by atoms with van der Waals surface area (Å²) in [4.78, 5) is 17.2. The lowest BCUT2D eigenvalue weighted by molar-refractivity contribution is 0.0977. The van der Waals surface area contributed by atoms with E-state index in [0.29, 0.717) is 21.4 Å². The van der Waals surface area contributed by atoms with Gasteiger partial charge in [-0.3, -0.25) is 15.2 Å². The number of H-pyrrole nitrogens is 1. The van der Waals surface area contributed by atoms with Crippen LogP contribution in [0.15, 0.2) is 59.6 Å². The van der Waals surface area contributed by atoms with Crippen molar-refractivity contribution in [1.82, 2.24) is 15.5 Å². The predicted molar refractivity (Wildman–Crippen MR) is 119 cm³/mol. The predicted octanol–water partition coefficient (Wildman–Crippen LogP) is 5.38. The molecule has 1 heterocycles. The summed E-state index contributed by atoms with van der Waals surface area (Å²) in [6.45, 7) is 5.80. The number of halogens is 2. The smallest absolute Gasteiger partial charge is 0.258 e. The molecule has 2 aromatic carbocycles. The number of carbonyl (C=O) groups is 1. The number of hydrogen-bond acceptors (Lipinski definition) is 3. The SMILES string of the molecule is CC(C)(C)N=C(NC(=O)c1cccc(Cl)c1)Nc1cc(-c2cccc(Cl)c2)[nH]n1. The molecule has 1 aromatic heterocycles. The third kappa shape index (κ3) is 6.07. The zero-order valence-electron chi connectivity index (χ0n) is 16.3. The molecular formula is C21H21Cl2N5O. The summed E-state index contributed by atoms with van der Waals surface area (Å²) in [5.74, 6) is 0.467. The molecule has 0 bridgehead atoms. The Kier molecular flexibility index (Phi) is 6.25. The van der Waals surface area contributed by atoms with Crippen molar-refractivity contribution in [3.8, 4) is 11.3 Å². The highest BCUT2D eigenvalue weighted by Crippen LogP contribution is 2.23. The molecule has 0 aliphatic carbocycles. The van der Waals surface area contributed by atoms with Crippen molar-refractivity contribution in [2.24, 2.45) is 4.99 Å². The van der Waals surface area contributed by atoms with E-state index in [1.54, 1.807) is 30.3 Å². The van der Waals surface area contributed by atoms with E-state index in [1.807, 2.05) is 45.0 Å². The number of nitrogens with zero attached hydrogens (tertiary/aromatic N) is 2. The molecule has 0 spiro atoms. The molecule has 0 unspecified atom stereocenters. The monoisotopic (exact) mass is 429 g/mol. The molecule has 0 atom stereocenters. The number of carbonyl (C=O) groups excluding carboxylic acids is 1. The van der Waals surface area contributed by atoms with Gasteiger partial charge in [-0.2, -0.15) is 5.10 Å². The Morgan fingerprint density at radius 3 is 2.38 bits per heavy atom. The minimum Gasteiger partial charge on any atom is -0.309 e. The maximum atomic E-state index is 12.6. The van der Waals surface area contributed by atoms with E-state index in [2.05, 4.69) is 25.8 Å². The van der Waals surface area contributed by atoms with Gasteiger partial charge in [-0.15, -0.1) is 0 Å². The Hall–Kier alpha value is -2.83. The number of benzene rings is 2. The zero-order chi connectivity index (χ0) is 21.0. The van der Waals surface area contributed by atoms with Gasteiger partial charge in [0.1, 0.15) is 0 Å². The number of aliphatic imine (C=N–C) groups is 1. The van der Waals surface area contributed by atoms with Gasteiger partial charge in [0.25, 0.3) is 5.91 Å². The van der Waals surface area contributed by atoms with Crippen LogP contribution in [0.3, 0.4) is 0 Å². The molecule has 0 fully saturated rings. The fourth-order valence-corrected chi connectivity index (χ4v) is 2.92. The van der Waals surface area contributed by atoms with Gasteiger partial charge in [0.2, 0.25) is 5.96 Å². The maximum absolute atomic E-state index is 12.6. The van der Waals surface area contributed by atoms with Gasteiger partial charge in [-0.1, -0.05) is 41.4 Å². The summed E-state index contributed by atoms with van der Waals surface area (Å²) < 4.78 is 0. The summed E-state index contributed by atoms with van der Waals surface area (Å²) in [5.41, 5.74) is 1.69. The Morgan fingerprint density at radius 1 is 1.03 bits per heavy atom. The van der Waals surface area contributed by atoms with Gasteiger partial charge in [0.05, 0.1) is 11.2 Å². The van der Waals surface area contributed by atoms with Crippen molar-refractivity contribution >= 4 is 40.9 Å². The van der Waals surface area contributed by atoms with Crippen LogP contribution in [-0.4, -0.2) is 27.6 Å². The molecule has 0 radical (unpaired) electrons. The van der Waals surface area contributed by atoms with Crippen LogP contribution < -0.4 is 10.6 Å². The summed E-state index contributed by atoms with van der Waals surface area (Å²) in [6, 6.07) is 16.0. The topological polar surface area (TPSA) is 82.2 Å². The molecule has 29 heavy (non-hydrogen) atoms. The number of guanidine groups is 1. The molecule has 1 amide bonds. The molecular weight excluding hydrogens is 409 g/mol. The second kappa shape index (κ2) is 8.68. The molecule has 3 aromatic rings. The van der Waals surface area contributed by atoms with Crippen LogP contribution in [-0.2, 0) is 0 Å². The van der Waals surface area contributed by atoms with E-state index in [-0.39, 0.29) is 11.9 Å². The summed E-state index contributed by atoms with van der Waals surface area (Å²) in [7, 11) is 0. The van der Waals surface area contributed by atoms with Crippen LogP contribution in [0.1, 0.15) is 31.1 Å². The molecule has 0 aliphatic heterocycles. The standard InChI is InChI=1S/C21H21Cl2N5O/c1-21(2,3)26-20(25-19(29)14-7-5-9-16(23)11-14)24-18-12-17(27-28-18)13-6-4-8-15(22)10-13/h4-12H,1-3H3,(H3,24,25,26,27,28,29). The lowest BCUT2D eigenvalue weighted by atomic mass is 10.1. The quantitative estimate of drug-likeness (QED) is 0.386. The average molecular weight is 430 g/mol. The third-order valence-corrected chi connectivity index (χ3v) is 4.20. The normalized spacial score (nSPS) is 12.0. The molecule has 0 saturated carbocycles. The summed E-state index contributed by atoms with van der Waals surface area (Å²) in [6.07, 6.45) is 0. The van der Waals surface area contributed by atoms with E-state index in [9.17, 15) is 4.79 Å². The van der Waals surface area contributed by atoms with Crippen molar-refractivity contribution in [2.45, 2.75) is 26.3 Å². The number of nitrogens with one attached hydrogen (secondary N) is 3. The van der Waals surface area contributed by atoms with Gasteiger partial charge in [-0.25, -0.2) is 4.99 Å². The molecule has 3 rings (SSSR count). The highest BCUT2D eigenvalue weighted by atomic mass is 35.5. The van der Waals surface area contributed by atoms with Crippen molar-refractivity contribution in [3.63, 3.8) is 0 Å². The number of rotatable bonds is 3. The van der Waals surface area contributed by atoms with Crippen LogP contribution in [0.4, 0.5) is 5.82 Å². The Labute approximate surface area is 179 Å². The summed E-state index contributed by atoms with van der Waals surface area (Å²) in [5, 5.41) is 14.2. The van der Waals surface area contributed by atoms with Crippen molar-refractivity contribution in [3.05, 3.63) is 70.2 Å². The Morgan fingerprint density at radius 2 is 1.72 bits per heavy atom. The van der Waals surface area contributed by atoms with Crippen molar-refractivity contribution < 1.29 is 4.79 Å². The molecule has 0 saturated heterocycles. The number of amides is 1. The zero-order valence-corrected chi connectivity index (χ0v) is 17.8. The van der Waals surface area contributed by atoms with Crippen LogP contribution >= 0.6 is 23.2 Å². The molecule has 6 nitrogen and oxygen atoms in total. The Balaban J connectivity index is 1.82. The first-order chi connectivity index (χ1) is 13.7. The highest BCUT2D eigenvalue weighted by molar-refractivity contribution is 6.31. The first kappa shape index (κ1) is 20.9. The van der Waals surface area contributed by atoms with Gasteiger partial charge < -0.3 is 5.32 Å². The first-order valence-corrected chi connectivity index (χ1v) is 9.70. The number of aromatic nitrogens is 2. The molecule has 150 valence electrons. The van der Waals surface area contributed by atoms with Crippen molar-refractivity contribution in [2.75, 3.05) is 5.32 Å². The molecule has 3 N–H and O–H groups in total. The molecule has 0 aliphatic rings. The lowest BCUT2D eigenvalue weighted by Gasteiger charge is -2.17. The highest BCUT2D eigenvalue weighted by Gasteiger charge is 2.15. The van der Waals surface area contributed by atoms with E-state index in [4.69, 9.17) is 23.2 Å². The van der Waals surface area contributed by atoms with Crippen molar-refractivity contribution in [1.29, 1.82) is 0 Å². The average Bonchev–Trinajstić information content (AvgIpc) is 3.09. The van der Waals surface area contributed by atoms with Gasteiger partial charge >= 0.3 is 0 Å². The summed E-state index contributed by atoms with van der Waals surface area (Å²) >= 11 is 12.0. The van der Waals surface area contributed by atoms with Crippen LogP contribution in [0.2, 0.25) is 10.0 Å². The van der Waals surface area contributed by atoms with E-state index >= 15 is 0 Å².